The van der Waals surface area contributed by atoms with Gasteiger partial charge in [0, 0.05) is 56.8 Å². The number of anilines is 1. The number of piperidine rings is 1. The van der Waals surface area contributed by atoms with E-state index in [1.54, 1.807) is 17.0 Å². The molecule has 0 N–H and O–H groups in total. The van der Waals surface area contributed by atoms with Gasteiger partial charge in [0.05, 0.1) is 0 Å². The van der Waals surface area contributed by atoms with Crippen LogP contribution in [0, 0.1) is 0 Å². The Labute approximate surface area is 189 Å². The molecule has 3 amide bonds. The molecule has 0 aliphatic carbocycles. The van der Waals surface area contributed by atoms with Gasteiger partial charge >= 0.3 is 0 Å². The van der Waals surface area contributed by atoms with Crippen molar-refractivity contribution < 1.29 is 14.4 Å². The Morgan fingerprint density at radius 2 is 1.47 bits per heavy atom. The van der Waals surface area contributed by atoms with Gasteiger partial charge in [0.1, 0.15) is 0 Å². The van der Waals surface area contributed by atoms with Gasteiger partial charge in [-0.25, -0.2) is 0 Å². The van der Waals surface area contributed by atoms with E-state index in [1.807, 2.05) is 40.1 Å². The zero-order valence-corrected chi connectivity index (χ0v) is 18.5. The maximum atomic E-state index is 12.9. The van der Waals surface area contributed by atoms with Crippen LogP contribution in [0.3, 0.4) is 0 Å². The number of nitrogens with zero attached hydrogens (tertiary/aromatic N) is 3. The molecule has 2 aliphatic rings. The minimum absolute atomic E-state index is 0.0160. The van der Waals surface area contributed by atoms with Gasteiger partial charge in [-0.3, -0.25) is 14.4 Å². The van der Waals surface area contributed by atoms with Crippen molar-refractivity contribution >= 4 is 23.4 Å². The van der Waals surface area contributed by atoms with Gasteiger partial charge in [0.25, 0.3) is 5.91 Å². The third-order valence-corrected chi connectivity index (χ3v) is 6.37. The van der Waals surface area contributed by atoms with Crippen molar-refractivity contribution in [3.8, 4) is 0 Å². The minimum atomic E-state index is -0.0160. The average molecular weight is 434 g/mol. The number of hydrogen-bond donors (Lipinski definition) is 0. The maximum Gasteiger partial charge on any atom is 0.253 e. The third-order valence-electron chi connectivity index (χ3n) is 6.37. The zero-order valence-electron chi connectivity index (χ0n) is 18.5. The van der Waals surface area contributed by atoms with Crippen LogP contribution in [0.2, 0.25) is 0 Å². The Hall–Kier alpha value is -3.15. The van der Waals surface area contributed by atoms with Gasteiger partial charge < -0.3 is 14.7 Å². The van der Waals surface area contributed by atoms with Crippen LogP contribution >= 0.6 is 0 Å². The van der Waals surface area contributed by atoms with Gasteiger partial charge in [-0.15, -0.1) is 0 Å². The lowest BCUT2D eigenvalue weighted by Crippen LogP contribution is -2.50. The monoisotopic (exact) mass is 433 g/mol. The summed E-state index contributed by atoms with van der Waals surface area (Å²) in [6.07, 6.45) is 4.85. The summed E-state index contributed by atoms with van der Waals surface area (Å²) in [5.74, 6) is 0.307. The standard InChI is InChI=1S/C26H31N3O3/c30-24(11-6-9-21-7-2-1-3-8-21)27-17-19-28(20-18-27)26(32)22-12-14-23(15-13-22)29-16-5-4-10-25(29)31/h1-3,7-8,12-15H,4-6,9-11,16-20H2. The zero-order chi connectivity index (χ0) is 22.3. The van der Waals surface area contributed by atoms with Crippen molar-refractivity contribution in [2.75, 3.05) is 37.6 Å². The SMILES string of the molecule is O=C(CCCc1ccccc1)N1CCN(C(=O)c2ccc(N3CCCCC3=O)cc2)CC1. The summed E-state index contributed by atoms with van der Waals surface area (Å²) < 4.78 is 0. The summed E-state index contributed by atoms with van der Waals surface area (Å²) in [4.78, 5) is 43.0. The van der Waals surface area contributed by atoms with E-state index >= 15 is 0 Å². The Bertz CT molecular complexity index is 935. The second-order valence-electron chi connectivity index (χ2n) is 8.56. The van der Waals surface area contributed by atoms with Crippen LogP contribution in [0.1, 0.15) is 48.0 Å². The fourth-order valence-corrected chi connectivity index (χ4v) is 4.45. The fraction of sp³-hybridized carbons (Fsp3) is 0.423. The molecule has 32 heavy (non-hydrogen) atoms. The quantitative estimate of drug-likeness (QED) is 0.700. The number of hydrogen-bond acceptors (Lipinski definition) is 3. The van der Waals surface area contributed by atoms with Crippen LogP contribution in [0.25, 0.3) is 0 Å². The number of piperazine rings is 1. The van der Waals surface area contributed by atoms with Crippen LogP contribution < -0.4 is 4.90 Å². The first-order chi connectivity index (χ1) is 15.6. The lowest BCUT2D eigenvalue weighted by molar-refractivity contribution is -0.132. The molecule has 0 radical (unpaired) electrons. The van der Waals surface area contributed by atoms with Crippen LogP contribution in [0.5, 0.6) is 0 Å². The van der Waals surface area contributed by atoms with Crippen molar-refractivity contribution in [3.63, 3.8) is 0 Å². The van der Waals surface area contributed by atoms with Crippen molar-refractivity contribution in [1.29, 1.82) is 0 Å². The second kappa shape index (κ2) is 10.4. The van der Waals surface area contributed by atoms with E-state index in [1.165, 1.54) is 5.56 Å². The molecule has 4 rings (SSSR count). The first-order valence-corrected chi connectivity index (χ1v) is 11.6. The summed E-state index contributed by atoms with van der Waals surface area (Å²) in [5.41, 5.74) is 2.74. The maximum absolute atomic E-state index is 12.9. The van der Waals surface area contributed by atoms with E-state index in [2.05, 4.69) is 12.1 Å². The Kier molecular flexibility index (Phi) is 7.20. The number of carbonyl (C=O) groups excluding carboxylic acids is 3. The molecule has 0 saturated carbocycles. The molecule has 6 heteroatoms. The Balaban J connectivity index is 1.24. The lowest BCUT2D eigenvalue weighted by Gasteiger charge is -2.35. The smallest absolute Gasteiger partial charge is 0.253 e. The molecule has 168 valence electrons. The number of carbonyl (C=O) groups is 3. The summed E-state index contributed by atoms with van der Waals surface area (Å²) in [6, 6.07) is 17.6. The van der Waals surface area contributed by atoms with E-state index in [0.29, 0.717) is 44.6 Å². The molecular weight excluding hydrogens is 402 g/mol. The summed E-state index contributed by atoms with van der Waals surface area (Å²) >= 11 is 0. The summed E-state index contributed by atoms with van der Waals surface area (Å²) in [6.45, 7) is 3.01. The van der Waals surface area contributed by atoms with Crippen LogP contribution in [0.4, 0.5) is 5.69 Å². The van der Waals surface area contributed by atoms with Gasteiger partial charge in [0.15, 0.2) is 0 Å². The highest BCUT2D eigenvalue weighted by atomic mass is 16.2. The molecule has 0 bridgehead atoms. The molecule has 2 fully saturated rings. The molecule has 0 atom stereocenters. The molecular formula is C26H31N3O3. The lowest BCUT2D eigenvalue weighted by atomic mass is 10.1. The number of benzene rings is 2. The van der Waals surface area contributed by atoms with Crippen LogP contribution in [-0.4, -0.2) is 60.2 Å². The van der Waals surface area contributed by atoms with Gasteiger partial charge in [-0.2, -0.15) is 0 Å². The topological polar surface area (TPSA) is 60.9 Å². The van der Waals surface area contributed by atoms with E-state index in [-0.39, 0.29) is 17.7 Å². The second-order valence-corrected chi connectivity index (χ2v) is 8.56. The molecule has 2 heterocycles. The molecule has 2 aromatic rings. The highest BCUT2D eigenvalue weighted by Gasteiger charge is 2.25. The Morgan fingerprint density at radius 1 is 0.781 bits per heavy atom. The average Bonchev–Trinajstić information content (AvgIpc) is 2.85. The first-order valence-electron chi connectivity index (χ1n) is 11.6. The summed E-state index contributed by atoms with van der Waals surface area (Å²) in [7, 11) is 0. The van der Waals surface area contributed by atoms with E-state index in [0.717, 1.165) is 37.9 Å². The Morgan fingerprint density at radius 3 is 2.16 bits per heavy atom. The van der Waals surface area contributed by atoms with Crippen molar-refractivity contribution in [2.24, 2.45) is 0 Å². The number of rotatable bonds is 6. The molecule has 6 nitrogen and oxygen atoms in total. The highest BCUT2D eigenvalue weighted by Crippen LogP contribution is 2.22. The third kappa shape index (κ3) is 5.36. The van der Waals surface area contributed by atoms with E-state index < -0.39 is 0 Å². The molecule has 0 unspecified atom stereocenters. The molecule has 0 aromatic heterocycles. The largest absolute Gasteiger partial charge is 0.339 e. The predicted octanol–water partition coefficient (Wildman–Crippen LogP) is 3.51. The van der Waals surface area contributed by atoms with Crippen molar-refractivity contribution in [2.45, 2.75) is 38.5 Å². The van der Waals surface area contributed by atoms with Crippen molar-refractivity contribution in [1.82, 2.24) is 9.80 Å². The number of aryl methyl sites for hydroxylation is 1. The predicted molar refractivity (Wildman–Crippen MR) is 125 cm³/mol. The summed E-state index contributed by atoms with van der Waals surface area (Å²) in [5, 5.41) is 0. The highest BCUT2D eigenvalue weighted by molar-refractivity contribution is 5.97. The first kappa shape index (κ1) is 22.1. The van der Waals surface area contributed by atoms with E-state index in [4.69, 9.17) is 0 Å². The van der Waals surface area contributed by atoms with Crippen LogP contribution in [-0.2, 0) is 16.0 Å². The molecule has 2 saturated heterocycles. The van der Waals surface area contributed by atoms with Gasteiger partial charge in [0.2, 0.25) is 11.8 Å². The molecule has 2 aromatic carbocycles. The van der Waals surface area contributed by atoms with Crippen molar-refractivity contribution in [3.05, 3.63) is 65.7 Å². The number of amides is 3. The van der Waals surface area contributed by atoms with Gasteiger partial charge in [-0.05, 0) is 55.5 Å². The van der Waals surface area contributed by atoms with Gasteiger partial charge in [-0.1, -0.05) is 30.3 Å². The molecule has 0 spiro atoms. The van der Waals surface area contributed by atoms with E-state index in [9.17, 15) is 14.4 Å². The fourth-order valence-electron chi connectivity index (χ4n) is 4.45. The normalized spacial score (nSPS) is 16.9. The molecule has 2 aliphatic heterocycles. The minimum Gasteiger partial charge on any atom is -0.339 e. The van der Waals surface area contributed by atoms with Crippen LogP contribution in [0.15, 0.2) is 54.6 Å².